The molecule has 8 nitrogen and oxygen atoms in total. The summed E-state index contributed by atoms with van der Waals surface area (Å²) in [5.74, 6) is -0.0198. The Bertz CT molecular complexity index is 1500. The van der Waals surface area contributed by atoms with Gasteiger partial charge in [-0.1, -0.05) is 0 Å². The number of methoxy groups -OCH3 is 1. The van der Waals surface area contributed by atoms with E-state index >= 15 is 0 Å². The highest BCUT2D eigenvalue weighted by atomic mass is 19.1. The number of ether oxygens (including phenoxy) is 1. The summed E-state index contributed by atoms with van der Waals surface area (Å²) in [5.41, 5.74) is 2.94. The van der Waals surface area contributed by atoms with E-state index in [4.69, 9.17) is 4.74 Å². The van der Waals surface area contributed by atoms with Crippen molar-refractivity contribution in [3.8, 4) is 22.7 Å². The smallest absolute Gasteiger partial charge is 0.334 e. The van der Waals surface area contributed by atoms with E-state index in [9.17, 15) is 9.18 Å². The third-order valence-electron chi connectivity index (χ3n) is 5.17. The molecule has 0 saturated heterocycles. The van der Waals surface area contributed by atoms with Gasteiger partial charge in [0.05, 0.1) is 36.1 Å². The number of aryl methyl sites for hydroxylation is 2. The zero-order valence-electron chi connectivity index (χ0n) is 16.5. The van der Waals surface area contributed by atoms with Gasteiger partial charge in [-0.25, -0.2) is 18.7 Å². The van der Waals surface area contributed by atoms with Crippen molar-refractivity contribution in [1.29, 1.82) is 0 Å². The van der Waals surface area contributed by atoms with Crippen molar-refractivity contribution in [3.05, 3.63) is 65.4 Å². The van der Waals surface area contributed by atoms with Gasteiger partial charge in [0.25, 0.3) is 0 Å². The predicted octanol–water partition coefficient (Wildman–Crippen LogP) is 2.82. The maximum absolute atomic E-state index is 14.6. The van der Waals surface area contributed by atoms with Crippen LogP contribution in [0.2, 0.25) is 0 Å². The molecule has 0 radical (unpaired) electrons. The van der Waals surface area contributed by atoms with Gasteiger partial charge in [-0.05, 0) is 18.2 Å². The molecule has 0 spiro atoms. The number of halogens is 1. The summed E-state index contributed by atoms with van der Waals surface area (Å²) >= 11 is 0. The largest absolute Gasteiger partial charge is 0.496 e. The number of nitrogens with zero attached hydrogens (tertiary/aromatic N) is 6. The van der Waals surface area contributed by atoms with E-state index in [2.05, 4.69) is 15.1 Å². The minimum Gasteiger partial charge on any atom is -0.496 e. The first-order valence-electron chi connectivity index (χ1n) is 9.17. The maximum atomic E-state index is 14.6. The molecule has 4 aromatic heterocycles. The van der Waals surface area contributed by atoms with E-state index in [1.807, 2.05) is 19.3 Å². The average Bonchev–Trinajstić information content (AvgIpc) is 3.29. The summed E-state index contributed by atoms with van der Waals surface area (Å²) < 4.78 is 24.6. The zero-order chi connectivity index (χ0) is 21.0. The first-order chi connectivity index (χ1) is 14.5. The van der Waals surface area contributed by atoms with Gasteiger partial charge in [-0.15, -0.1) is 0 Å². The van der Waals surface area contributed by atoms with Crippen LogP contribution in [0.5, 0.6) is 5.75 Å². The number of pyridine rings is 2. The van der Waals surface area contributed by atoms with Crippen LogP contribution >= 0.6 is 0 Å². The fraction of sp³-hybridized carbons (Fsp3) is 0.143. The molecule has 0 N–H and O–H groups in total. The van der Waals surface area contributed by atoms with Crippen LogP contribution in [0.4, 0.5) is 4.39 Å². The lowest BCUT2D eigenvalue weighted by Crippen LogP contribution is -2.22. The lowest BCUT2D eigenvalue weighted by atomic mass is 10.0. The first-order valence-corrected chi connectivity index (χ1v) is 9.17. The van der Waals surface area contributed by atoms with Crippen LogP contribution in [-0.4, -0.2) is 36.0 Å². The summed E-state index contributed by atoms with van der Waals surface area (Å²) in [5, 5.41) is 4.91. The third-order valence-corrected chi connectivity index (χ3v) is 5.17. The topological polar surface area (TPSA) is 79.8 Å². The number of benzene rings is 1. The minimum absolute atomic E-state index is 0.0562. The van der Waals surface area contributed by atoms with Crippen LogP contribution in [0.3, 0.4) is 0 Å². The third kappa shape index (κ3) is 2.52. The molecule has 1 aromatic carbocycles. The van der Waals surface area contributed by atoms with Crippen LogP contribution in [0, 0.1) is 5.82 Å². The fourth-order valence-corrected chi connectivity index (χ4v) is 3.72. The first kappa shape index (κ1) is 18.0. The molecule has 30 heavy (non-hydrogen) atoms. The van der Waals surface area contributed by atoms with E-state index in [0.717, 1.165) is 11.1 Å². The lowest BCUT2D eigenvalue weighted by Gasteiger charge is -2.11. The second kappa shape index (κ2) is 6.51. The predicted molar refractivity (Wildman–Crippen MR) is 110 cm³/mol. The Kier molecular flexibility index (Phi) is 3.92. The van der Waals surface area contributed by atoms with E-state index in [0.29, 0.717) is 27.7 Å². The summed E-state index contributed by atoms with van der Waals surface area (Å²) in [6, 6.07) is 6.45. The van der Waals surface area contributed by atoms with Crippen LogP contribution in [0.15, 0.2) is 53.8 Å². The molecule has 0 bridgehead atoms. The maximum Gasteiger partial charge on any atom is 0.334 e. The van der Waals surface area contributed by atoms with E-state index < -0.39 is 11.5 Å². The summed E-state index contributed by atoms with van der Waals surface area (Å²) in [6.07, 6.45) is 6.65. The highest BCUT2D eigenvalue weighted by Gasteiger charge is 2.21. The number of hydrogen-bond donors (Lipinski definition) is 0. The van der Waals surface area contributed by atoms with Crippen molar-refractivity contribution in [3.63, 3.8) is 0 Å². The molecule has 9 heteroatoms. The lowest BCUT2D eigenvalue weighted by molar-refractivity contribution is 0.417. The Morgan fingerprint density at radius 3 is 2.67 bits per heavy atom. The molecule has 5 rings (SSSR count). The SMILES string of the molecule is COc1cc2ncc3c(c2cc1-c1cnn(C)c1)n(-c1ncccc1F)c(=O)n3C. The van der Waals surface area contributed by atoms with Gasteiger partial charge in [-0.3, -0.25) is 14.2 Å². The zero-order valence-corrected chi connectivity index (χ0v) is 16.5. The molecule has 0 unspecified atom stereocenters. The highest BCUT2D eigenvalue weighted by molar-refractivity contribution is 6.05. The summed E-state index contributed by atoms with van der Waals surface area (Å²) in [7, 11) is 5.04. The molecule has 0 fully saturated rings. The van der Waals surface area contributed by atoms with Crippen molar-refractivity contribution in [2.24, 2.45) is 14.1 Å². The molecule has 0 amide bonds. The number of aromatic nitrogens is 6. The van der Waals surface area contributed by atoms with Gasteiger partial charge in [0.15, 0.2) is 11.6 Å². The van der Waals surface area contributed by atoms with Crippen molar-refractivity contribution < 1.29 is 9.13 Å². The van der Waals surface area contributed by atoms with Crippen molar-refractivity contribution in [2.75, 3.05) is 7.11 Å². The molecule has 4 heterocycles. The standard InChI is InChI=1S/C21H17FN6O2/c1-26-11-12(9-25-26)13-7-14-16(8-18(13)30-3)24-10-17-19(14)28(21(29)27(17)2)20-15(22)5-4-6-23-20/h4-11H,1-3H3. The summed E-state index contributed by atoms with van der Waals surface area (Å²) in [6.45, 7) is 0. The molecule has 0 atom stereocenters. The Hall–Kier alpha value is -4.01. The molecule has 0 aliphatic carbocycles. The Morgan fingerprint density at radius 1 is 1.13 bits per heavy atom. The van der Waals surface area contributed by atoms with Crippen molar-refractivity contribution >= 4 is 21.9 Å². The minimum atomic E-state index is -0.585. The van der Waals surface area contributed by atoms with Gasteiger partial charge >= 0.3 is 5.69 Å². The molecular formula is C21H17FN6O2. The van der Waals surface area contributed by atoms with E-state index in [1.165, 1.54) is 27.5 Å². The van der Waals surface area contributed by atoms with Crippen LogP contribution in [0.25, 0.3) is 38.9 Å². The number of rotatable bonds is 3. The molecule has 5 aromatic rings. The van der Waals surface area contributed by atoms with Gasteiger partial charge in [0.2, 0.25) is 0 Å². The van der Waals surface area contributed by atoms with Crippen molar-refractivity contribution in [2.45, 2.75) is 0 Å². The highest BCUT2D eigenvalue weighted by Crippen LogP contribution is 2.36. The Labute approximate surface area is 169 Å². The van der Waals surface area contributed by atoms with Crippen LogP contribution in [-0.2, 0) is 14.1 Å². The van der Waals surface area contributed by atoms with Crippen molar-refractivity contribution in [1.82, 2.24) is 28.9 Å². The quantitative estimate of drug-likeness (QED) is 0.462. The molecular weight excluding hydrogens is 387 g/mol. The van der Waals surface area contributed by atoms with E-state index in [1.54, 1.807) is 37.3 Å². The summed E-state index contributed by atoms with van der Waals surface area (Å²) in [4.78, 5) is 21.6. The second-order valence-corrected chi connectivity index (χ2v) is 6.95. The monoisotopic (exact) mass is 404 g/mol. The molecule has 0 saturated carbocycles. The van der Waals surface area contributed by atoms with Gasteiger partial charge < -0.3 is 4.74 Å². The normalized spacial score (nSPS) is 11.5. The number of imidazole rings is 1. The van der Waals surface area contributed by atoms with Gasteiger partial charge in [0.1, 0.15) is 5.75 Å². The van der Waals surface area contributed by atoms with E-state index in [-0.39, 0.29) is 5.82 Å². The molecule has 0 aliphatic rings. The number of fused-ring (bicyclic) bond motifs is 3. The Balaban J connectivity index is 1.95. The van der Waals surface area contributed by atoms with Crippen LogP contribution in [0.1, 0.15) is 0 Å². The van der Waals surface area contributed by atoms with Gasteiger partial charge in [0, 0.05) is 49.1 Å². The number of hydrogen-bond acceptors (Lipinski definition) is 5. The average molecular weight is 404 g/mol. The Morgan fingerprint density at radius 2 is 1.97 bits per heavy atom. The second-order valence-electron chi connectivity index (χ2n) is 6.95. The molecule has 0 aliphatic heterocycles. The van der Waals surface area contributed by atoms with Gasteiger partial charge in [-0.2, -0.15) is 5.10 Å². The van der Waals surface area contributed by atoms with Crippen LogP contribution < -0.4 is 10.4 Å². The fourth-order valence-electron chi connectivity index (χ4n) is 3.72. The molecule has 150 valence electrons.